The summed E-state index contributed by atoms with van der Waals surface area (Å²) in [4.78, 5) is 4.17. The fourth-order valence-corrected chi connectivity index (χ4v) is 3.30. The van der Waals surface area contributed by atoms with Crippen LogP contribution in [0.25, 0.3) is 11.1 Å². The van der Waals surface area contributed by atoms with Gasteiger partial charge in [0.15, 0.2) is 11.5 Å². The van der Waals surface area contributed by atoms with E-state index in [0.717, 1.165) is 5.56 Å². The average Bonchev–Trinajstić information content (AvgIpc) is 2.78. The number of fused-ring (bicyclic) bond motifs is 1. The standard InChI is InChI=1S/C15H14N2O3S/c1-11-16-14-8-7-13(9-15(14)20-11)17-21(18,19)10-12-5-3-2-4-6-12/h2-9,17H,10H2,1H3. The predicted octanol–water partition coefficient (Wildman–Crippen LogP) is 3.08. The topological polar surface area (TPSA) is 72.2 Å². The van der Waals surface area contributed by atoms with Gasteiger partial charge in [-0.2, -0.15) is 0 Å². The molecule has 0 bridgehead atoms. The molecule has 1 N–H and O–H groups in total. The van der Waals surface area contributed by atoms with Crippen molar-refractivity contribution in [2.24, 2.45) is 0 Å². The van der Waals surface area contributed by atoms with Gasteiger partial charge in [-0.1, -0.05) is 30.3 Å². The number of anilines is 1. The first-order chi connectivity index (χ1) is 10.0. The minimum absolute atomic E-state index is 0.0681. The predicted molar refractivity (Wildman–Crippen MR) is 81.4 cm³/mol. The van der Waals surface area contributed by atoms with Gasteiger partial charge < -0.3 is 4.42 Å². The highest BCUT2D eigenvalue weighted by atomic mass is 32.2. The number of hydrogen-bond acceptors (Lipinski definition) is 4. The second kappa shape index (κ2) is 5.21. The summed E-state index contributed by atoms with van der Waals surface area (Å²) < 4.78 is 32.3. The van der Waals surface area contributed by atoms with E-state index in [0.29, 0.717) is 22.7 Å². The Kier molecular flexibility index (Phi) is 3.39. The molecular formula is C15H14N2O3S. The third-order valence-corrected chi connectivity index (χ3v) is 4.23. The number of sulfonamides is 1. The molecule has 1 aromatic heterocycles. The highest BCUT2D eigenvalue weighted by molar-refractivity contribution is 7.91. The molecule has 0 atom stereocenters. The quantitative estimate of drug-likeness (QED) is 0.804. The summed E-state index contributed by atoms with van der Waals surface area (Å²) in [5.74, 6) is 0.482. The molecule has 0 unspecified atom stereocenters. The first kappa shape index (κ1) is 13.6. The molecule has 1 heterocycles. The summed E-state index contributed by atoms with van der Waals surface area (Å²) in [6.45, 7) is 1.75. The van der Waals surface area contributed by atoms with E-state index in [2.05, 4.69) is 9.71 Å². The van der Waals surface area contributed by atoms with E-state index >= 15 is 0 Å². The van der Waals surface area contributed by atoms with Crippen molar-refractivity contribution in [3.8, 4) is 0 Å². The van der Waals surface area contributed by atoms with Crippen LogP contribution in [0.1, 0.15) is 11.5 Å². The smallest absolute Gasteiger partial charge is 0.236 e. The summed E-state index contributed by atoms with van der Waals surface area (Å²) in [5.41, 5.74) is 2.47. The van der Waals surface area contributed by atoms with Crippen LogP contribution in [0.5, 0.6) is 0 Å². The zero-order valence-electron chi connectivity index (χ0n) is 11.4. The minimum Gasteiger partial charge on any atom is -0.441 e. The molecule has 0 aliphatic carbocycles. The molecule has 0 aliphatic rings. The Hall–Kier alpha value is -2.34. The fraction of sp³-hybridized carbons (Fsp3) is 0.133. The van der Waals surface area contributed by atoms with Crippen molar-refractivity contribution in [3.63, 3.8) is 0 Å². The van der Waals surface area contributed by atoms with Crippen LogP contribution in [0.3, 0.4) is 0 Å². The van der Waals surface area contributed by atoms with Gasteiger partial charge in [-0.25, -0.2) is 13.4 Å². The molecule has 0 fully saturated rings. The lowest BCUT2D eigenvalue weighted by Crippen LogP contribution is -2.14. The first-order valence-electron chi connectivity index (χ1n) is 6.43. The second-order valence-electron chi connectivity index (χ2n) is 4.76. The Labute approximate surface area is 122 Å². The lowest BCUT2D eigenvalue weighted by Gasteiger charge is -2.07. The van der Waals surface area contributed by atoms with Crippen LogP contribution >= 0.6 is 0 Å². The lowest BCUT2D eigenvalue weighted by molar-refractivity contribution is 0.561. The van der Waals surface area contributed by atoms with Crippen LogP contribution in [0.4, 0.5) is 5.69 Å². The van der Waals surface area contributed by atoms with E-state index in [1.165, 1.54) is 0 Å². The van der Waals surface area contributed by atoms with E-state index in [9.17, 15) is 8.42 Å². The number of hydrogen-bond donors (Lipinski definition) is 1. The number of oxazole rings is 1. The molecule has 0 radical (unpaired) electrons. The van der Waals surface area contributed by atoms with Crippen molar-refractivity contribution in [1.29, 1.82) is 0 Å². The molecule has 0 saturated heterocycles. The van der Waals surface area contributed by atoms with Gasteiger partial charge in [0, 0.05) is 13.0 Å². The number of aromatic nitrogens is 1. The largest absolute Gasteiger partial charge is 0.441 e. The van der Waals surface area contributed by atoms with Crippen molar-refractivity contribution in [2.75, 3.05) is 4.72 Å². The van der Waals surface area contributed by atoms with Gasteiger partial charge in [0.25, 0.3) is 0 Å². The molecule has 0 aliphatic heterocycles. The average molecular weight is 302 g/mol. The maximum atomic E-state index is 12.2. The molecule has 2 aromatic carbocycles. The van der Waals surface area contributed by atoms with Gasteiger partial charge in [-0.15, -0.1) is 0 Å². The van der Waals surface area contributed by atoms with Gasteiger partial charge in [0.2, 0.25) is 10.0 Å². The maximum Gasteiger partial charge on any atom is 0.236 e. The summed E-state index contributed by atoms with van der Waals surface area (Å²) in [6.07, 6.45) is 0. The molecule has 0 amide bonds. The van der Waals surface area contributed by atoms with Crippen molar-refractivity contribution >= 4 is 26.8 Å². The minimum atomic E-state index is -3.46. The zero-order valence-corrected chi connectivity index (χ0v) is 12.2. The third-order valence-electron chi connectivity index (χ3n) is 2.97. The SMILES string of the molecule is Cc1nc2ccc(NS(=O)(=O)Cc3ccccc3)cc2o1. The molecule has 6 heteroatoms. The van der Waals surface area contributed by atoms with Crippen LogP contribution < -0.4 is 4.72 Å². The zero-order chi connectivity index (χ0) is 14.9. The molecule has 3 rings (SSSR count). The first-order valence-corrected chi connectivity index (χ1v) is 8.09. The van der Waals surface area contributed by atoms with Crippen molar-refractivity contribution < 1.29 is 12.8 Å². The van der Waals surface area contributed by atoms with Crippen LogP contribution in [-0.4, -0.2) is 13.4 Å². The highest BCUT2D eigenvalue weighted by Gasteiger charge is 2.12. The van der Waals surface area contributed by atoms with Crippen molar-refractivity contribution in [2.45, 2.75) is 12.7 Å². The van der Waals surface area contributed by atoms with E-state index in [1.807, 2.05) is 18.2 Å². The molecule has 0 spiro atoms. The molecule has 108 valence electrons. The Bertz CT molecular complexity index is 870. The normalized spacial score (nSPS) is 11.7. The summed E-state index contributed by atoms with van der Waals surface area (Å²) in [6, 6.07) is 14.1. The monoisotopic (exact) mass is 302 g/mol. The van der Waals surface area contributed by atoms with Gasteiger partial charge in [-0.05, 0) is 17.7 Å². The van der Waals surface area contributed by atoms with Crippen LogP contribution in [0.2, 0.25) is 0 Å². The third kappa shape index (κ3) is 3.22. The number of aryl methyl sites for hydroxylation is 1. The molecule has 5 nitrogen and oxygen atoms in total. The van der Waals surface area contributed by atoms with E-state index in [-0.39, 0.29) is 5.75 Å². The van der Waals surface area contributed by atoms with Crippen LogP contribution in [0, 0.1) is 6.92 Å². The number of nitrogens with one attached hydrogen (secondary N) is 1. The summed E-state index contributed by atoms with van der Waals surface area (Å²) in [5, 5.41) is 0. The van der Waals surface area contributed by atoms with E-state index in [1.54, 1.807) is 37.3 Å². The van der Waals surface area contributed by atoms with Gasteiger partial charge in [0.1, 0.15) is 5.52 Å². The van der Waals surface area contributed by atoms with E-state index in [4.69, 9.17) is 4.42 Å². The lowest BCUT2D eigenvalue weighted by atomic mass is 10.2. The highest BCUT2D eigenvalue weighted by Crippen LogP contribution is 2.21. The molecule has 0 saturated carbocycles. The molecule has 21 heavy (non-hydrogen) atoms. The van der Waals surface area contributed by atoms with Gasteiger partial charge in [-0.3, -0.25) is 4.72 Å². The maximum absolute atomic E-state index is 12.2. The fourth-order valence-electron chi connectivity index (χ4n) is 2.11. The van der Waals surface area contributed by atoms with Crippen LogP contribution in [0.15, 0.2) is 52.9 Å². The van der Waals surface area contributed by atoms with Gasteiger partial charge >= 0.3 is 0 Å². The molecular weight excluding hydrogens is 288 g/mol. The Morgan fingerprint density at radius 2 is 1.90 bits per heavy atom. The number of benzene rings is 2. The summed E-state index contributed by atoms with van der Waals surface area (Å²) in [7, 11) is -3.46. The molecule has 3 aromatic rings. The second-order valence-corrected chi connectivity index (χ2v) is 6.48. The van der Waals surface area contributed by atoms with Crippen molar-refractivity contribution in [1.82, 2.24) is 4.98 Å². The number of rotatable bonds is 4. The Morgan fingerprint density at radius 3 is 2.67 bits per heavy atom. The van der Waals surface area contributed by atoms with Crippen molar-refractivity contribution in [3.05, 3.63) is 60.0 Å². The van der Waals surface area contributed by atoms with Gasteiger partial charge in [0.05, 0.1) is 11.4 Å². The van der Waals surface area contributed by atoms with E-state index < -0.39 is 10.0 Å². The Morgan fingerprint density at radius 1 is 1.14 bits per heavy atom. The Balaban J connectivity index is 1.83. The van der Waals surface area contributed by atoms with Crippen LogP contribution in [-0.2, 0) is 15.8 Å². The number of nitrogens with zero attached hydrogens (tertiary/aromatic N) is 1. The summed E-state index contributed by atoms with van der Waals surface area (Å²) >= 11 is 0.